The molecular weight excluding hydrogens is 414 g/mol. The van der Waals surface area contributed by atoms with E-state index in [0.717, 1.165) is 23.1 Å². The summed E-state index contributed by atoms with van der Waals surface area (Å²) in [5.41, 5.74) is 0.810. The van der Waals surface area contributed by atoms with Crippen molar-refractivity contribution in [3.63, 3.8) is 0 Å². The number of fused-ring (bicyclic) bond motifs is 1. The monoisotopic (exact) mass is 431 g/mol. The Morgan fingerprint density at radius 3 is 2.78 bits per heavy atom. The van der Waals surface area contributed by atoms with Crippen molar-refractivity contribution in [1.82, 2.24) is 25.0 Å². The molecule has 9 heteroatoms. The van der Waals surface area contributed by atoms with Crippen LogP contribution >= 0.6 is 15.9 Å². The first-order valence-electron chi connectivity index (χ1n) is 8.85. The van der Waals surface area contributed by atoms with Crippen LogP contribution in [0.25, 0.3) is 0 Å². The number of hydrogen-bond donors (Lipinski definition) is 1. The zero-order valence-corrected chi connectivity index (χ0v) is 16.1. The SMILES string of the molecule is O=C(CCCN1C(=O)c2ccc(Br)cc2C1=O)NCc1nncn1C1CC1. The van der Waals surface area contributed by atoms with E-state index in [9.17, 15) is 14.4 Å². The predicted molar refractivity (Wildman–Crippen MR) is 98.9 cm³/mol. The molecule has 1 aliphatic carbocycles. The zero-order chi connectivity index (χ0) is 19.0. The topological polar surface area (TPSA) is 97.2 Å². The van der Waals surface area contributed by atoms with Gasteiger partial charge in [0.2, 0.25) is 5.91 Å². The summed E-state index contributed by atoms with van der Waals surface area (Å²) in [7, 11) is 0. The summed E-state index contributed by atoms with van der Waals surface area (Å²) in [5.74, 6) is -0.00818. The fraction of sp³-hybridized carbons (Fsp3) is 0.389. The lowest BCUT2D eigenvalue weighted by molar-refractivity contribution is -0.121. The van der Waals surface area contributed by atoms with Crippen molar-refractivity contribution in [2.24, 2.45) is 0 Å². The van der Waals surface area contributed by atoms with Crippen LogP contribution in [0, 0.1) is 0 Å². The lowest BCUT2D eigenvalue weighted by atomic mass is 10.1. The highest BCUT2D eigenvalue weighted by Gasteiger charge is 2.35. The molecule has 8 nitrogen and oxygen atoms in total. The molecule has 0 radical (unpaired) electrons. The molecule has 0 spiro atoms. The van der Waals surface area contributed by atoms with Gasteiger partial charge in [-0.1, -0.05) is 15.9 Å². The van der Waals surface area contributed by atoms with E-state index in [1.54, 1.807) is 24.5 Å². The summed E-state index contributed by atoms with van der Waals surface area (Å²) in [6.45, 7) is 0.548. The Balaban J connectivity index is 1.26. The molecular formula is C18H18BrN5O3. The molecule has 1 aliphatic heterocycles. The summed E-state index contributed by atoms with van der Waals surface area (Å²) in [5, 5.41) is 10.8. The average Bonchev–Trinajstić information content (AvgIpc) is 3.35. The molecule has 3 amide bonds. The third-order valence-corrected chi connectivity index (χ3v) is 5.24. The standard InChI is InChI=1S/C18H18BrN5O3/c19-11-3-6-13-14(8-11)18(27)23(17(13)26)7-1-2-16(25)20-9-15-22-21-10-24(15)12-4-5-12/h3,6,8,10,12H,1-2,4-5,7,9H2,(H,20,25). The Morgan fingerprint density at radius 1 is 1.22 bits per heavy atom. The van der Waals surface area contributed by atoms with Crippen molar-refractivity contribution < 1.29 is 14.4 Å². The van der Waals surface area contributed by atoms with Gasteiger partial charge in [0.1, 0.15) is 6.33 Å². The summed E-state index contributed by atoms with van der Waals surface area (Å²) >= 11 is 3.31. The number of aromatic nitrogens is 3. The number of nitrogens with one attached hydrogen (secondary N) is 1. The minimum Gasteiger partial charge on any atom is -0.349 e. The van der Waals surface area contributed by atoms with Crippen LogP contribution in [-0.4, -0.2) is 43.9 Å². The Kier molecular flexibility index (Phi) is 4.77. The Bertz CT molecular complexity index is 921. The fourth-order valence-corrected chi connectivity index (χ4v) is 3.54. The van der Waals surface area contributed by atoms with Gasteiger partial charge in [0.25, 0.3) is 11.8 Å². The van der Waals surface area contributed by atoms with Gasteiger partial charge >= 0.3 is 0 Å². The second-order valence-corrected chi connectivity index (χ2v) is 7.63. The summed E-state index contributed by atoms with van der Waals surface area (Å²) in [6, 6.07) is 5.49. The van der Waals surface area contributed by atoms with Crippen LogP contribution in [0.5, 0.6) is 0 Å². The molecule has 27 heavy (non-hydrogen) atoms. The number of carbonyl (C=O) groups excluding carboxylic acids is 3. The molecule has 2 aromatic rings. The quantitative estimate of drug-likeness (QED) is 0.676. The van der Waals surface area contributed by atoms with Gasteiger partial charge in [-0.3, -0.25) is 19.3 Å². The number of halogens is 1. The Hall–Kier alpha value is -2.55. The number of benzene rings is 1. The Morgan fingerprint density at radius 2 is 2.00 bits per heavy atom. The van der Waals surface area contributed by atoms with Gasteiger partial charge in [-0.15, -0.1) is 10.2 Å². The van der Waals surface area contributed by atoms with E-state index < -0.39 is 0 Å². The first kappa shape index (κ1) is 17.8. The van der Waals surface area contributed by atoms with Gasteiger partial charge in [0.15, 0.2) is 5.82 Å². The van der Waals surface area contributed by atoms with Gasteiger partial charge in [-0.05, 0) is 37.5 Å². The van der Waals surface area contributed by atoms with Crippen molar-refractivity contribution in [3.8, 4) is 0 Å². The fourth-order valence-electron chi connectivity index (χ4n) is 3.18. The average molecular weight is 432 g/mol. The van der Waals surface area contributed by atoms with Crippen molar-refractivity contribution >= 4 is 33.7 Å². The van der Waals surface area contributed by atoms with Crippen molar-refractivity contribution in [2.75, 3.05) is 6.54 Å². The molecule has 0 bridgehead atoms. The second-order valence-electron chi connectivity index (χ2n) is 6.72. The smallest absolute Gasteiger partial charge is 0.261 e. The molecule has 4 rings (SSSR count). The maximum Gasteiger partial charge on any atom is 0.261 e. The van der Waals surface area contributed by atoms with Crippen molar-refractivity contribution in [2.45, 2.75) is 38.3 Å². The maximum absolute atomic E-state index is 12.4. The molecule has 1 aromatic carbocycles. The van der Waals surface area contributed by atoms with Crippen LogP contribution in [0.2, 0.25) is 0 Å². The van der Waals surface area contributed by atoms with E-state index in [-0.39, 0.29) is 30.7 Å². The highest BCUT2D eigenvalue weighted by molar-refractivity contribution is 9.10. The lowest BCUT2D eigenvalue weighted by Gasteiger charge is -2.13. The zero-order valence-electron chi connectivity index (χ0n) is 14.5. The predicted octanol–water partition coefficient (Wildman–Crippen LogP) is 2.07. The molecule has 1 fully saturated rings. The molecule has 140 valence electrons. The molecule has 0 saturated heterocycles. The van der Waals surface area contributed by atoms with E-state index in [1.807, 2.05) is 4.57 Å². The van der Waals surface area contributed by atoms with Gasteiger partial charge < -0.3 is 9.88 Å². The van der Waals surface area contributed by atoms with E-state index in [0.29, 0.717) is 30.1 Å². The van der Waals surface area contributed by atoms with Gasteiger partial charge in [0.05, 0.1) is 17.7 Å². The van der Waals surface area contributed by atoms with Crippen LogP contribution in [0.15, 0.2) is 29.0 Å². The van der Waals surface area contributed by atoms with Gasteiger partial charge in [-0.25, -0.2) is 0 Å². The van der Waals surface area contributed by atoms with Crippen LogP contribution in [0.4, 0.5) is 0 Å². The number of rotatable bonds is 7. The van der Waals surface area contributed by atoms with Gasteiger partial charge in [-0.2, -0.15) is 0 Å². The highest BCUT2D eigenvalue weighted by atomic mass is 79.9. The maximum atomic E-state index is 12.4. The Labute approximate surface area is 164 Å². The minimum atomic E-state index is -0.311. The van der Waals surface area contributed by atoms with Crippen LogP contribution in [0.1, 0.15) is 58.3 Å². The number of imide groups is 1. The molecule has 2 aliphatic rings. The first-order valence-corrected chi connectivity index (χ1v) is 9.64. The molecule has 1 aromatic heterocycles. The van der Waals surface area contributed by atoms with E-state index >= 15 is 0 Å². The first-order chi connectivity index (χ1) is 13.0. The lowest BCUT2D eigenvalue weighted by Crippen LogP contribution is -2.32. The van der Waals surface area contributed by atoms with E-state index in [1.165, 1.54) is 4.90 Å². The minimum absolute atomic E-state index is 0.139. The van der Waals surface area contributed by atoms with Crippen LogP contribution in [-0.2, 0) is 11.3 Å². The third kappa shape index (κ3) is 3.64. The van der Waals surface area contributed by atoms with Crippen molar-refractivity contribution in [3.05, 3.63) is 46.0 Å². The van der Waals surface area contributed by atoms with E-state index in [2.05, 4.69) is 31.4 Å². The normalized spacial score (nSPS) is 16.0. The van der Waals surface area contributed by atoms with E-state index in [4.69, 9.17) is 0 Å². The van der Waals surface area contributed by atoms with Crippen LogP contribution < -0.4 is 5.32 Å². The number of carbonyl (C=O) groups is 3. The highest BCUT2D eigenvalue weighted by Crippen LogP contribution is 2.35. The number of nitrogens with zero attached hydrogens (tertiary/aromatic N) is 4. The molecule has 0 unspecified atom stereocenters. The molecule has 2 heterocycles. The second kappa shape index (κ2) is 7.22. The summed E-state index contributed by atoms with van der Waals surface area (Å²) in [4.78, 5) is 38.0. The molecule has 0 atom stereocenters. The molecule has 1 N–H and O–H groups in total. The summed E-state index contributed by atoms with van der Waals surface area (Å²) in [6.07, 6.45) is 4.58. The van der Waals surface area contributed by atoms with Crippen molar-refractivity contribution in [1.29, 1.82) is 0 Å². The van der Waals surface area contributed by atoms with Gasteiger partial charge in [0, 0.05) is 23.5 Å². The van der Waals surface area contributed by atoms with Crippen LogP contribution in [0.3, 0.4) is 0 Å². The number of amides is 3. The number of hydrogen-bond acceptors (Lipinski definition) is 5. The molecule has 1 saturated carbocycles. The largest absolute Gasteiger partial charge is 0.349 e. The third-order valence-electron chi connectivity index (χ3n) is 4.75. The summed E-state index contributed by atoms with van der Waals surface area (Å²) < 4.78 is 2.75.